The highest BCUT2D eigenvalue weighted by Gasteiger charge is 2.17. The molecule has 0 saturated heterocycles. The van der Waals surface area contributed by atoms with Crippen LogP contribution in [0.1, 0.15) is 39.5 Å². The molecule has 1 aliphatic heterocycles. The second kappa shape index (κ2) is 7.17. The maximum atomic E-state index is 12.2. The Kier molecular flexibility index (Phi) is 5.27. The summed E-state index contributed by atoms with van der Waals surface area (Å²) in [5.41, 5.74) is 0.772. The van der Waals surface area contributed by atoms with Crippen molar-refractivity contribution in [2.75, 3.05) is 18.5 Å². The summed E-state index contributed by atoms with van der Waals surface area (Å²) < 4.78 is 11.0. The number of carbonyl (C=O) groups excluding carboxylic acids is 1. The quantitative estimate of drug-likeness (QED) is 0.864. The summed E-state index contributed by atoms with van der Waals surface area (Å²) >= 11 is 0. The second-order valence-corrected chi connectivity index (χ2v) is 5.10. The monoisotopic (exact) mass is 277 g/mol. The minimum Gasteiger partial charge on any atom is -0.486 e. The molecule has 0 radical (unpaired) electrons. The lowest BCUT2D eigenvalue weighted by Crippen LogP contribution is -2.22. The van der Waals surface area contributed by atoms with Crippen molar-refractivity contribution in [3.8, 4) is 11.5 Å². The van der Waals surface area contributed by atoms with Crippen LogP contribution in [0, 0.1) is 5.92 Å². The Bertz CT molecular complexity index is 459. The molecule has 0 fully saturated rings. The Balaban J connectivity index is 1.99. The van der Waals surface area contributed by atoms with Gasteiger partial charge in [0, 0.05) is 17.7 Å². The minimum atomic E-state index is 0.0863. The third-order valence-electron chi connectivity index (χ3n) is 3.58. The SMILES string of the molecule is CCCC[C@@H](CC)C(=O)Nc1ccc2c(c1)OCCO2. The number of ether oxygens (including phenoxy) is 2. The van der Waals surface area contributed by atoms with Gasteiger partial charge in [0.1, 0.15) is 13.2 Å². The van der Waals surface area contributed by atoms with Crippen molar-refractivity contribution in [3.05, 3.63) is 18.2 Å². The van der Waals surface area contributed by atoms with Gasteiger partial charge in [0.05, 0.1) is 0 Å². The van der Waals surface area contributed by atoms with Crippen LogP contribution in [-0.4, -0.2) is 19.1 Å². The average Bonchev–Trinajstić information content (AvgIpc) is 2.48. The molecule has 1 aliphatic rings. The Morgan fingerprint density at radius 3 is 2.70 bits per heavy atom. The summed E-state index contributed by atoms with van der Waals surface area (Å²) in [6.45, 7) is 5.33. The fourth-order valence-electron chi connectivity index (χ4n) is 2.34. The van der Waals surface area contributed by atoms with Crippen molar-refractivity contribution >= 4 is 11.6 Å². The number of nitrogens with one attached hydrogen (secondary N) is 1. The molecule has 1 N–H and O–H groups in total. The van der Waals surface area contributed by atoms with Gasteiger partial charge in [-0.3, -0.25) is 4.79 Å². The van der Waals surface area contributed by atoms with Crippen molar-refractivity contribution < 1.29 is 14.3 Å². The van der Waals surface area contributed by atoms with Crippen LogP contribution in [0.25, 0.3) is 0 Å². The number of rotatable bonds is 6. The zero-order valence-electron chi connectivity index (χ0n) is 12.3. The molecular formula is C16H23NO3. The first-order valence-corrected chi connectivity index (χ1v) is 7.45. The first kappa shape index (κ1) is 14.7. The van der Waals surface area contributed by atoms with E-state index in [1.54, 1.807) is 0 Å². The van der Waals surface area contributed by atoms with E-state index in [1.165, 1.54) is 0 Å². The lowest BCUT2D eigenvalue weighted by molar-refractivity contribution is -0.120. The van der Waals surface area contributed by atoms with Crippen LogP contribution in [0.15, 0.2) is 18.2 Å². The first-order chi connectivity index (χ1) is 9.74. The van der Waals surface area contributed by atoms with Crippen molar-refractivity contribution in [1.82, 2.24) is 0 Å². The van der Waals surface area contributed by atoms with E-state index in [9.17, 15) is 4.79 Å². The van der Waals surface area contributed by atoms with E-state index in [-0.39, 0.29) is 11.8 Å². The fourth-order valence-corrected chi connectivity index (χ4v) is 2.34. The standard InChI is InChI=1S/C16H23NO3/c1-3-5-6-12(4-2)16(18)17-13-7-8-14-15(11-13)20-10-9-19-14/h7-8,11-12H,3-6,9-10H2,1-2H3,(H,17,18)/t12-/m1/s1. The molecule has 1 atom stereocenters. The molecule has 0 aromatic heterocycles. The van der Waals surface area contributed by atoms with Gasteiger partial charge in [0.25, 0.3) is 0 Å². The first-order valence-electron chi connectivity index (χ1n) is 7.45. The summed E-state index contributed by atoms with van der Waals surface area (Å²) in [7, 11) is 0. The van der Waals surface area contributed by atoms with Crippen molar-refractivity contribution in [1.29, 1.82) is 0 Å². The van der Waals surface area contributed by atoms with Crippen LogP contribution in [0.2, 0.25) is 0 Å². The molecule has 110 valence electrons. The van der Waals surface area contributed by atoms with Gasteiger partial charge in [-0.15, -0.1) is 0 Å². The highest BCUT2D eigenvalue weighted by Crippen LogP contribution is 2.32. The predicted octanol–water partition coefficient (Wildman–Crippen LogP) is 3.61. The molecule has 2 rings (SSSR count). The Hall–Kier alpha value is -1.71. The fraction of sp³-hybridized carbons (Fsp3) is 0.562. The van der Waals surface area contributed by atoms with Gasteiger partial charge in [-0.25, -0.2) is 0 Å². The zero-order valence-corrected chi connectivity index (χ0v) is 12.3. The van der Waals surface area contributed by atoms with E-state index in [2.05, 4.69) is 19.2 Å². The van der Waals surface area contributed by atoms with E-state index in [0.717, 1.165) is 37.1 Å². The van der Waals surface area contributed by atoms with Crippen LogP contribution in [0.4, 0.5) is 5.69 Å². The van der Waals surface area contributed by atoms with Crippen LogP contribution in [-0.2, 0) is 4.79 Å². The lowest BCUT2D eigenvalue weighted by Gasteiger charge is -2.20. The Labute approximate surface area is 120 Å². The van der Waals surface area contributed by atoms with E-state index in [4.69, 9.17) is 9.47 Å². The predicted molar refractivity (Wildman–Crippen MR) is 79.4 cm³/mol. The summed E-state index contributed by atoms with van der Waals surface area (Å²) in [5.74, 6) is 1.63. The molecule has 20 heavy (non-hydrogen) atoms. The van der Waals surface area contributed by atoms with Gasteiger partial charge >= 0.3 is 0 Å². The molecule has 0 bridgehead atoms. The summed E-state index contributed by atoms with van der Waals surface area (Å²) in [4.78, 5) is 12.2. The number of anilines is 1. The highest BCUT2D eigenvalue weighted by atomic mass is 16.6. The molecule has 0 saturated carbocycles. The van der Waals surface area contributed by atoms with Gasteiger partial charge in [-0.2, -0.15) is 0 Å². The van der Waals surface area contributed by atoms with Crippen LogP contribution in [0.5, 0.6) is 11.5 Å². The molecular weight excluding hydrogens is 254 g/mol. The largest absolute Gasteiger partial charge is 0.486 e. The third-order valence-corrected chi connectivity index (χ3v) is 3.58. The average molecular weight is 277 g/mol. The molecule has 4 heteroatoms. The molecule has 1 heterocycles. The Morgan fingerprint density at radius 1 is 1.25 bits per heavy atom. The van der Waals surface area contributed by atoms with Gasteiger partial charge in [0.15, 0.2) is 11.5 Å². The molecule has 1 amide bonds. The van der Waals surface area contributed by atoms with Crippen LogP contribution in [0.3, 0.4) is 0 Å². The maximum absolute atomic E-state index is 12.2. The molecule has 0 spiro atoms. The van der Waals surface area contributed by atoms with E-state index >= 15 is 0 Å². The summed E-state index contributed by atoms with van der Waals surface area (Å²) in [6.07, 6.45) is 4.03. The molecule has 0 unspecified atom stereocenters. The lowest BCUT2D eigenvalue weighted by atomic mass is 9.98. The van der Waals surface area contributed by atoms with E-state index in [1.807, 2.05) is 18.2 Å². The normalized spacial score (nSPS) is 14.7. The van der Waals surface area contributed by atoms with Crippen LogP contribution >= 0.6 is 0 Å². The number of fused-ring (bicyclic) bond motifs is 1. The smallest absolute Gasteiger partial charge is 0.227 e. The van der Waals surface area contributed by atoms with Gasteiger partial charge in [-0.05, 0) is 25.0 Å². The van der Waals surface area contributed by atoms with E-state index in [0.29, 0.717) is 19.0 Å². The van der Waals surface area contributed by atoms with E-state index < -0.39 is 0 Å². The second-order valence-electron chi connectivity index (χ2n) is 5.10. The molecule has 4 nitrogen and oxygen atoms in total. The number of carbonyl (C=O) groups is 1. The highest BCUT2D eigenvalue weighted by molar-refractivity contribution is 5.92. The molecule has 1 aromatic rings. The number of unbranched alkanes of at least 4 members (excludes halogenated alkanes) is 1. The number of amides is 1. The summed E-state index contributed by atoms with van der Waals surface area (Å²) in [5, 5.41) is 2.98. The maximum Gasteiger partial charge on any atom is 0.227 e. The number of hydrogen-bond acceptors (Lipinski definition) is 3. The minimum absolute atomic E-state index is 0.0863. The van der Waals surface area contributed by atoms with Crippen LogP contribution < -0.4 is 14.8 Å². The third kappa shape index (κ3) is 3.65. The van der Waals surface area contributed by atoms with Crippen molar-refractivity contribution in [3.63, 3.8) is 0 Å². The molecule has 1 aromatic carbocycles. The summed E-state index contributed by atoms with van der Waals surface area (Å²) in [6, 6.07) is 5.54. The topological polar surface area (TPSA) is 47.6 Å². The van der Waals surface area contributed by atoms with Gasteiger partial charge in [0.2, 0.25) is 5.91 Å². The van der Waals surface area contributed by atoms with Crippen molar-refractivity contribution in [2.45, 2.75) is 39.5 Å². The van der Waals surface area contributed by atoms with Gasteiger partial charge in [-0.1, -0.05) is 26.7 Å². The zero-order chi connectivity index (χ0) is 14.4. The van der Waals surface area contributed by atoms with Crippen molar-refractivity contribution in [2.24, 2.45) is 5.92 Å². The number of hydrogen-bond donors (Lipinski definition) is 1. The molecule has 0 aliphatic carbocycles. The Morgan fingerprint density at radius 2 is 2.00 bits per heavy atom. The number of benzene rings is 1. The van der Waals surface area contributed by atoms with Gasteiger partial charge < -0.3 is 14.8 Å².